The van der Waals surface area contributed by atoms with Crippen LogP contribution in [0.1, 0.15) is 11.3 Å². The molecule has 6 nitrogen and oxygen atoms in total. The van der Waals surface area contributed by atoms with Crippen molar-refractivity contribution in [1.29, 1.82) is 0 Å². The van der Waals surface area contributed by atoms with Gasteiger partial charge in [0.1, 0.15) is 0 Å². The van der Waals surface area contributed by atoms with Crippen LogP contribution in [0.25, 0.3) is 0 Å². The summed E-state index contributed by atoms with van der Waals surface area (Å²) in [6, 6.07) is 4.11. The number of aromatic nitrogens is 3. The van der Waals surface area contributed by atoms with E-state index in [1.54, 1.807) is 0 Å². The lowest BCUT2D eigenvalue weighted by atomic mass is 10.2. The van der Waals surface area contributed by atoms with Gasteiger partial charge in [-0.05, 0) is 30.8 Å². The third-order valence-electron chi connectivity index (χ3n) is 4.27. The Hall–Kier alpha value is -1.99. The Balaban J connectivity index is 1.50. The quantitative estimate of drug-likeness (QED) is 0.864. The summed E-state index contributed by atoms with van der Waals surface area (Å²) in [4.78, 5) is 8.83. The Labute approximate surface area is 142 Å². The molecule has 3 rings (SSSR count). The molecule has 0 atom stereocenters. The van der Waals surface area contributed by atoms with Crippen molar-refractivity contribution < 1.29 is 0 Å². The van der Waals surface area contributed by atoms with Crippen LogP contribution in [0.2, 0.25) is 0 Å². The minimum Gasteiger partial charge on any atom is -0.346 e. The smallest absolute Gasteiger partial charge is 0.173 e. The van der Waals surface area contributed by atoms with Gasteiger partial charge in [0.15, 0.2) is 5.11 Å². The van der Waals surface area contributed by atoms with E-state index >= 15 is 0 Å². The van der Waals surface area contributed by atoms with E-state index < -0.39 is 0 Å². The summed E-state index contributed by atoms with van der Waals surface area (Å²) < 4.78 is 1.84. The topological polar surface area (TPSA) is 49.2 Å². The maximum absolute atomic E-state index is 5.54. The molecule has 0 aliphatic carbocycles. The molecule has 1 N–H and O–H groups in total. The molecule has 0 aromatic carbocycles. The molecule has 1 saturated heterocycles. The number of hydrogen-bond acceptors (Lipinski definition) is 4. The first-order valence-electron chi connectivity index (χ1n) is 7.79. The molecule has 0 radical (unpaired) electrons. The number of piperazine rings is 1. The van der Waals surface area contributed by atoms with Gasteiger partial charge in [-0.2, -0.15) is 5.10 Å². The van der Waals surface area contributed by atoms with Crippen molar-refractivity contribution in [2.75, 3.05) is 31.5 Å². The SMILES string of the molecule is Cc1c(NC(=S)N2CCN(Cc3cccnc3)CC2)cnn1C. The summed E-state index contributed by atoms with van der Waals surface area (Å²) in [6.07, 6.45) is 5.57. The lowest BCUT2D eigenvalue weighted by molar-refractivity contribution is 0.177. The molecule has 23 heavy (non-hydrogen) atoms. The standard InChI is InChI=1S/C16H22N6S/c1-13-15(11-18-20(13)2)19-16(23)22-8-6-21(7-9-22)12-14-4-3-5-17-10-14/h3-5,10-11H,6-9,12H2,1-2H3,(H,19,23). The molecule has 0 saturated carbocycles. The van der Waals surface area contributed by atoms with Crippen molar-refractivity contribution in [2.45, 2.75) is 13.5 Å². The number of rotatable bonds is 3. The van der Waals surface area contributed by atoms with E-state index in [-0.39, 0.29) is 0 Å². The lowest BCUT2D eigenvalue weighted by Crippen LogP contribution is -2.49. The second-order valence-corrected chi connectivity index (χ2v) is 6.21. The number of pyridine rings is 1. The van der Waals surface area contributed by atoms with E-state index in [1.807, 2.05) is 43.3 Å². The number of nitrogens with one attached hydrogen (secondary N) is 1. The molecule has 0 spiro atoms. The number of thiocarbonyl (C=S) groups is 1. The van der Waals surface area contributed by atoms with Gasteiger partial charge in [0.2, 0.25) is 0 Å². The van der Waals surface area contributed by atoms with Crippen LogP contribution in [0.4, 0.5) is 5.69 Å². The molecular formula is C16H22N6S. The zero-order chi connectivity index (χ0) is 16.2. The third kappa shape index (κ3) is 3.86. The summed E-state index contributed by atoms with van der Waals surface area (Å²) in [5.41, 5.74) is 3.32. The molecule has 2 aromatic heterocycles. The van der Waals surface area contributed by atoms with Gasteiger partial charge in [0.05, 0.1) is 17.6 Å². The second kappa shape index (κ2) is 7.06. The average molecular weight is 330 g/mol. The van der Waals surface area contributed by atoms with Crippen LogP contribution < -0.4 is 5.32 Å². The van der Waals surface area contributed by atoms with Crippen molar-refractivity contribution in [3.63, 3.8) is 0 Å². The van der Waals surface area contributed by atoms with E-state index in [1.165, 1.54) is 5.56 Å². The number of nitrogens with zero attached hydrogens (tertiary/aromatic N) is 5. The Morgan fingerprint density at radius 1 is 1.26 bits per heavy atom. The van der Waals surface area contributed by atoms with Gasteiger partial charge in [-0.3, -0.25) is 14.6 Å². The predicted octanol–water partition coefficient (Wildman–Crippen LogP) is 1.64. The van der Waals surface area contributed by atoms with E-state index in [0.717, 1.165) is 49.2 Å². The largest absolute Gasteiger partial charge is 0.346 e. The molecular weight excluding hydrogens is 308 g/mol. The van der Waals surface area contributed by atoms with Gasteiger partial charge in [-0.25, -0.2) is 0 Å². The minimum atomic E-state index is 0.780. The number of aryl methyl sites for hydroxylation is 1. The summed E-state index contributed by atoms with van der Waals surface area (Å²) in [5.74, 6) is 0. The minimum absolute atomic E-state index is 0.780. The maximum atomic E-state index is 5.54. The van der Waals surface area contributed by atoms with E-state index in [9.17, 15) is 0 Å². The summed E-state index contributed by atoms with van der Waals surface area (Å²) in [7, 11) is 1.93. The predicted molar refractivity (Wildman–Crippen MR) is 95.3 cm³/mol. The fourth-order valence-electron chi connectivity index (χ4n) is 2.67. The van der Waals surface area contributed by atoms with Crippen molar-refractivity contribution >= 4 is 23.0 Å². The van der Waals surface area contributed by atoms with Gasteiger partial charge < -0.3 is 10.2 Å². The zero-order valence-corrected chi connectivity index (χ0v) is 14.4. The number of hydrogen-bond donors (Lipinski definition) is 1. The summed E-state index contributed by atoms with van der Waals surface area (Å²) >= 11 is 5.54. The molecule has 7 heteroatoms. The molecule has 0 amide bonds. The fourth-order valence-corrected chi connectivity index (χ4v) is 2.97. The van der Waals surface area contributed by atoms with Crippen LogP contribution in [0.15, 0.2) is 30.7 Å². The molecule has 1 aliphatic rings. The first-order chi connectivity index (χ1) is 11.1. The third-order valence-corrected chi connectivity index (χ3v) is 4.63. The Kier molecular flexibility index (Phi) is 4.88. The average Bonchev–Trinajstić information content (AvgIpc) is 2.88. The fraction of sp³-hybridized carbons (Fsp3) is 0.438. The highest BCUT2D eigenvalue weighted by Crippen LogP contribution is 2.14. The highest BCUT2D eigenvalue weighted by molar-refractivity contribution is 7.80. The van der Waals surface area contributed by atoms with E-state index in [0.29, 0.717) is 0 Å². The van der Waals surface area contributed by atoms with E-state index in [4.69, 9.17) is 12.2 Å². The maximum Gasteiger partial charge on any atom is 0.173 e. The molecule has 0 unspecified atom stereocenters. The lowest BCUT2D eigenvalue weighted by Gasteiger charge is -2.36. The van der Waals surface area contributed by atoms with Crippen molar-refractivity contribution in [2.24, 2.45) is 7.05 Å². The van der Waals surface area contributed by atoms with Crippen LogP contribution in [-0.2, 0) is 13.6 Å². The van der Waals surface area contributed by atoms with Crippen LogP contribution >= 0.6 is 12.2 Å². The Morgan fingerprint density at radius 3 is 2.65 bits per heavy atom. The molecule has 2 aromatic rings. The van der Waals surface area contributed by atoms with Gasteiger partial charge >= 0.3 is 0 Å². The highest BCUT2D eigenvalue weighted by atomic mass is 32.1. The molecule has 122 valence electrons. The van der Waals surface area contributed by atoms with Crippen LogP contribution in [0.3, 0.4) is 0 Å². The van der Waals surface area contributed by atoms with Gasteiger partial charge in [-0.15, -0.1) is 0 Å². The first-order valence-corrected chi connectivity index (χ1v) is 8.20. The molecule has 1 fully saturated rings. The highest BCUT2D eigenvalue weighted by Gasteiger charge is 2.19. The normalized spacial score (nSPS) is 15.7. The molecule has 0 bridgehead atoms. The summed E-state index contributed by atoms with van der Waals surface area (Å²) in [6.45, 7) is 6.86. The van der Waals surface area contributed by atoms with Crippen LogP contribution in [0.5, 0.6) is 0 Å². The molecule has 1 aliphatic heterocycles. The van der Waals surface area contributed by atoms with E-state index in [2.05, 4.69) is 31.3 Å². The first kappa shape index (κ1) is 15.9. The van der Waals surface area contributed by atoms with Crippen molar-refractivity contribution in [3.8, 4) is 0 Å². The van der Waals surface area contributed by atoms with Gasteiger partial charge in [-0.1, -0.05) is 6.07 Å². The Morgan fingerprint density at radius 2 is 2.04 bits per heavy atom. The zero-order valence-electron chi connectivity index (χ0n) is 13.6. The monoisotopic (exact) mass is 330 g/mol. The van der Waals surface area contributed by atoms with Crippen LogP contribution in [-0.4, -0.2) is 55.9 Å². The van der Waals surface area contributed by atoms with Crippen molar-refractivity contribution in [3.05, 3.63) is 42.0 Å². The van der Waals surface area contributed by atoms with Crippen molar-refractivity contribution in [1.82, 2.24) is 24.6 Å². The van der Waals surface area contributed by atoms with Gasteiger partial charge in [0.25, 0.3) is 0 Å². The molecule has 3 heterocycles. The number of anilines is 1. The van der Waals surface area contributed by atoms with Gasteiger partial charge in [0, 0.05) is 52.2 Å². The van der Waals surface area contributed by atoms with Crippen LogP contribution in [0, 0.1) is 6.92 Å². The second-order valence-electron chi connectivity index (χ2n) is 5.82. The summed E-state index contributed by atoms with van der Waals surface area (Å²) in [5, 5.41) is 8.33. The Bertz CT molecular complexity index is 660.